The molecule has 1 amide bonds. The predicted octanol–water partition coefficient (Wildman–Crippen LogP) is 0.733. The molecule has 0 aromatic heterocycles. The normalized spacial score (nSPS) is 39.1. The SMILES string of the molecule is CC1CCC(N)C(C(=O)N2CCCC(O)C2)C1. The standard InChI is InChI=1S/C13H24N2O2/c1-9-4-5-12(14)11(7-9)13(17)15-6-2-3-10(16)8-15/h9-12,16H,2-8,14H2,1H3. The highest BCUT2D eigenvalue weighted by Gasteiger charge is 2.35. The third kappa shape index (κ3) is 2.99. The molecule has 0 spiro atoms. The summed E-state index contributed by atoms with van der Waals surface area (Å²) in [5.74, 6) is 0.741. The van der Waals surface area contributed by atoms with E-state index in [1.807, 2.05) is 4.90 Å². The number of carbonyl (C=O) groups is 1. The lowest BCUT2D eigenvalue weighted by Gasteiger charge is -2.37. The first kappa shape index (κ1) is 12.8. The Morgan fingerprint density at radius 3 is 2.82 bits per heavy atom. The molecular formula is C13H24N2O2. The quantitative estimate of drug-likeness (QED) is 0.710. The summed E-state index contributed by atoms with van der Waals surface area (Å²) >= 11 is 0. The minimum absolute atomic E-state index is 0.0118. The van der Waals surface area contributed by atoms with Crippen LogP contribution in [0.2, 0.25) is 0 Å². The van der Waals surface area contributed by atoms with Crippen LogP contribution in [-0.2, 0) is 4.79 Å². The highest BCUT2D eigenvalue weighted by atomic mass is 16.3. The van der Waals surface area contributed by atoms with E-state index in [1.165, 1.54) is 0 Å². The fourth-order valence-corrected chi connectivity index (χ4v) is 3.08. The van der Waals surface area contributed by atoms with E-state index >= 15 is 0 Å². The van der Waals surface area contributed by atoms with E-state index in [1.54, 1.807) is 0 Å². The lowest BCUT2D eigenvalue weighted by Crippen LogP contribution is -2.50. The molecule has 1 aliphatic carbocycles. The molecule has 4 nitrogen and oxygen atoms in total. The highest BCUT2D eigenvalue weighted by Crippen LogP contribution is 2.30. The fourth-order valence-electron chi connectivity index (χ4n) is 3.08. The molecule has 2 fully saturated rings. The maximum atomic E-state index is 12.4. The maximum Gasteiger partial charge on any atom is 0.227 e. The summed E-state index contributed by atoms with van der Waals surface area (Å²) < 4.78 is 0. The summed E-state index contributed by atoms with van der Waals surface area (Å²) in [6.07, 6.45) is 4.38. The molecular weight excluding hydrogens is 216 g/mol. The summed E-state index contributed by atoms with van der Waals surface area (Å²) in [5.41, 5.74) is 6.07. The van der Waals surface area contributed by atoms with Crippen molar-refractivity contribution in [2.75, 3.05) is 13.1 Å². The van der Waals surface area contributed by atoms with Crippen LogP contribution in [0.1, 0.15) is 39.0 Å². The van der Waals surface area contributed by atoms with Crippen LogP contribution in [0.5, 0.6) is 0 Å². The number of nitrogens with two attached hydrogens (primary N) is 1. The Labute approximate surface area is 103 Å². The number of carbonyl (C=O) groups excluding carboxylic acids is 1. The van der Waals surface area contributed by atoms with Gasteiger partial charge in [-0.15, -0.1) is 0 Å². The van der Waals surface area contributed by atoms with Crippen molar-refractivity contribution in [2.24, 2.45) is 17.6 Å². The first-order chi connectivity index (χ1) is 8.08. The molecule has 4 unspecified atom stereocenters. The Kier molecular flexibility index (Phi) is 4.05. The molecule has 17 heavy (non-hydrogen) atoms. The number of aliphatic hydroxyl groups excluding tert-OH is 1. The zero-order valence-electron chi connectivity index (χ0n) is 10.6. The summed E-state index contributed by atoms with van der Waals surface area (Å²) in [6, 6.07) is 0.0118. The van der Waals surface area contributed by atoms with E-state index in [0.29, 0.717) is 12.5 Å². The van der Waals surface area contributed by atoms with Gasteiger partial charge in [0, 0.05) is 19.1 Å². The van der Waals surface area contributed by atoms with E-state index < -0.39 is 0 Å². The van der Waals surface area contributed by atoms with E-state index in [4.69, 9.17) is 5.73 Å². The lowest BCUT2D eigenvalue weighted by atomic mass is 9.78. The number of hydrogen-bond acceptors (Lipinski definition) is 3. The molecule has 0 aromatic rings. The average Bonchev–Trinajstić information content (AvgIpc) is 2.31. The molecule has 3 N–H and O–H groups in total. The van der Waals surface area contributed by atoms with E-state index in [9.17, 15) is 9.90 Å². The highest BCUT2D eigenvalue weighted by molar-refractivity contribution is 5.79. The van der Waals surface area contributed by atoms with Crippen LogP contribution in [0.15, 0.2) is 0 Å². The Morgan fingerprint density at radius 2 is 2.12 bits per heavy atom. The molecule has 1 heterocycles. The molecule has 0 radical (unpaired) electrons. The maximum absolute atomic E-state index is 12.4. The smallest absolute Gasteiger partial charge is 0.227 e. The predicted molar refractivity (Wildman–Crippen MR) is 66.3 cm³/mol. The van der Waals surface area contributed by atoms with Gasteiger partial charge in [-0.3, -0.25) is 4.79 Å². The van der Waals surface area contributed by atoms with E-state index in [-0.39, 0.29) is 24.0 Å². The summed E-state index contributed by atoms with van der Waals surface area (Å²) in [5, 5.41) is 9.62. The molecule has 4 atom stereocenters. The van der Waals surface area contributed by atoms with Crippen molar-refractivity contribution in [1.82, 2.24) is 4.90 Å². The first-order valence-electron chi connectivity index (χ1n) is 6.80. The molecule has 1 saturated carbocycles. The molecule has 4 heteroatoms. The van der Waals surface area contributed by atoms with Gasteiger partial charge in [0.15, 0.2) is 0 Å². The summed E-state index contributed by atoms with van der Waals surface area (Å²) in [6.45, 7) is 3.47. The van der Waals surface area contributed by atoms with Crippen molar-refractivity contribution < 1.29 is 9.90 Å². The average molecular weight is 240 g/mol. The largest absolute Gasteiger partial charge is 0.391 e. The van der Waals surface area contributed by atoms with Crippen molar-refractivity contribution in [3.63, 3.8) is 0 Å². The van der Waals surface area contributed by atoms with Crippen LogP contribution in [0, 0.1) is 11.8 Å². The zero-order valence-corrected chi connectivity index (χ0v) is 10.6. The number of piperidine rings is 1. The molecule has 0 bridgehead atoms. The van der Waals surface area contributed by atoms with Crippen LogP contribution in [0.25, 0.3) is 0 Å². The number of hydrogen-bond donors (Lipinski definition) is 2. The van der Waals surface area contributed by atoms with Crippen LogP contribution in [0.3, 0.4) is 0 Å². The van der Waals surface area contributed by atoms with E-state index in [2.05, 4.69) is 6.92 Å². The van der Waals surface area contributed by atoms with Crippen molar-refractivity contribution in [1.29, 1.82) is 0 Å². The monoisotopic (exact) mass is 240 g/mol. The van der Waals surface area contributed by atoms with Gasteiger partial charge in [-0.05, 0) is 38.0 Å². The third-order valence-electron chi connectivity index (χ3n) is 4.19. The number of β-amino-alcohol motifs (C(OH)–C–C–N with tert-alkyl or cyclic N) is 1. The van der Waals surface area contributed by atoms with Gasteiger partial charge < -0.3 is 15.7 Å². The minimum Gasteiger partial charge on any atom is -0.391 e. The molecule has 1 aliphatic heterocycles. The Bertz CT molecular complexity index is 283. The van der Waals surface area contributed by atoms with Gasteiger partial charge in [0.05, 0.1) is 12.0 Å². The van der Waals surface area contributed by atoms with Crippen LogP contribution >= 0.6 is 0 Å². The van der Waals surface area contributed by atoms with Crippen LogP contribution in [0.4, 0.5) is 0 Å². The second kappa shape index (κ2) is 5.36. The van der Waals surface area contributed by atoms with Gasteiger partial charge in [0.25, 0.3) is 0 Å². The second-order valence-electron chi connectivity index (χ2n) is 5.77. The Balaban J connectivity index is 1.97. The Morgan fingerprint density at radius 1 is 1.35 bits per heavy atom. The third-order valence-corrected chi connectivity index (χ3v) is 4.19. The minimum atomic E-state index is -0.343. The molecule has 98 valence electrons. The van der Waals surface area contributed by atoms with Crippen molar-refractivity contribution in [2.45, 2.75) is 51.2 Å². The number of rotatable bonds is 1. The molecule has 1 saturated heterocycles. The van der Waals surface area contributed by atoms with Gasteiger partial charge in [0.1, 0.15) is 0 Å². The number of nitrogens with zero attached hydrogens (tertiary/aromatic N) is 1. The van der Waals surface area contributed by atoms with Gasteiger partial charge in [-0.25, -0.2) is 0 Å². The second-order valence-corrected chi connectivity index (χ2v) is 5.77. The van der Waals surface area contributed by atoms with Crippen molar-refractivity contribution in [3.05, 3.63) is 0 Å². The van der Waals surface area contributed by atoms with Crippen molar-refractivity contribution in [3.8, 4) is 0 Å². The number of aliphatic hydroxyl groups is 1. The Hall–Kier alpha value is -0.610. The summed E-state index contributed by atoms with van der Waals surface area (Å²) in [7, 11) is 0. The number of likely N-dealkylation sites (tertiary alicyclic amines) is 1. The molecule has 0 aromatic carbocycles. The van der Waals surface area contributed by atoms with Gasteiger partial charge in [-0.1, -0.05) is 6.92 Å². The summed E-state index contributed by atoms with van der Waals surface area (Å²) in [4.78, 5) is 14.2. The van der Waals surface area contributed by atoms with Crippen molar-refractivity contribution >= 4 is 5.91 Å². The molecule has 2 rings (SSSR count). The zero-order chi connectivity index (χ0) is 12.4. The van der Waals surface area contributed by atoms with Crippen LogP contribution < -0.4 is 5.73 Å². The van der Waals surface area contributed by atoms with Gasteiger partial charge in [-0.2, -0.15) is 0 Å². The fraction of sp³-hybridized carbons (Fsp3) is 0.923. The van der Waals surface area contributed by atoms with E-state index in [0.717, 1.165) is 38.6 Å². The topological polar surface area (TPSA) is 66.6 Å². The number of amides is 1. The molecule has 2 aliphatic rings. The first-order valence-corrected chi connectivity index (χ1v) is 6.80. The van der Waals surface area contributed by atoms with Crippen LogP contribution in [-0.4, -0.2) is 41.1 Å². The van der Waals surface area contributed by atoms with Gasteiger partial charge >= 0.3 is 0 Å². The lowest BCUT2D eigenvalue weighted by molar-refractivity contribution is -0.140. The van der Waals surface area contributed by atoms with Gasteiger partial charge in [0.2, 0.25) is 5.91 Å².